The van der Waals surface area contributed by atoms with Crippen LogP contribution in [0, 0.1) is 11.8 Å². The third-order valence-corrected chi connectivity index (χ3v) is 16.2. The molecule has 82 heavy (non-hydrogen) atoms. The maximum atomic E-state index is 13.8. The molecule has 1 aliphatic carbocycles. The number of carbonyl (C=O) groups is 1. The number of methoxy groups -OCH3 is 2. The van der Waals surface area contributed by atoms with E-state index in [-0.39, 0.29) is 23.8 Å². The van der Waals surface area contributed by atoms with E-state index in [9.17, 15) is 9.90 Å². The normalized spacial score (nSPS) is 18.7. The third kappa shape index (κ3) is 12.3. The minimum Gasteiger partial charge on any atom is -0.511 e. The van der Waals surface area contributed by atoms with Gasteiger partial charge in [0, 0.05) is 109 Å². The van der Waals surface area contributed by atoms with Gasteiger partial charge in [0.05, 0.1) is 65.3 Å². The van der Waals surface area contributed by atoms with E-state index in [0.29, 0.717) is 106 Å². The summed E-state index contributed by atoms with van der Waals surface area (Å²) >= 11 is 0. The van der Waals surface area contributed by atoms with Gasteiger partial charge in [0.1, 0.15) is 36.8 Å². The molecule has 6 aliphatic rings. The van der Waals surface area contributed by atoms with Crippen LogP contribution in [0.4, 0.5) is 11.5 Å². The number of rotatable bonds is 26. The number of amides is 1. The van der Waals surface area contributed by atoms with Gasteiger partial charge in [-0.2, -0.15) is 0 Å². The second kappa shape index (κ2) is 26.0. The summed E-state index contributed by atoms with van der Waals surface area (Å²) in [6, 6.07) is 11.6. The first-order valence-corrected chi connectivity index (χ1v) is 29.0. The van der Waals surface area contributed by atoms with Crippen LogP contribution in [0.5, 0.6) is 11.5 Å². The SMILES string of the molecule is CCCCCCOC(C)C1=C(C)C2=NC1=CC1=NC(=CC3=C(C)C4=C(O)CC(=C5NC(=C2)C(C)[C@@H]5CCC(=O)NCCCn2cc(-c5cccc(Nc6ncnc7cc(OCCOC)c(OCCOC)cc67)c5)nn2)C4=N3)C(CC)=C1C. The quantitative estimate of drug-likeness (QED) is 0.0431. The molecule has 1 fully saturated rings. The van der Waals surface area contributed by atoms with Crippen molar-refractivity contribution in [3.63, 3.8) is 0 Å². The number of allylic oxidation sites excluding steroid dienone is 11. The van der Waals surface area contributed by atoms with Gasteiger partial charge in [0.15, 0.2) is 11.5 Å². The zero-order chi connectivity index (χ0) is 57.4. The van der Waals surface area contributed by atoms with Crippen LogP contribution in [0.1, 0.15) is 106 Å². The number of anilines is 2. The van der Waals surface area contributed by atoms with E-state index in [1.807, 2.05) is 49.5 Å². The van der Waals surface area contributed by atoms with Crippen molar-refractivity contribution in [2.75, 3.05) is 59.1 Å². The molecule has 8 bridgehead atoms. The van der Waals surface area contributed by atoms with Gasteiger partial charge in [0.25, 0.3) is 0 Å². The van der Waals surface area contributed by atoms with Crippen LogP contribution < -0.4 is 25.4 Å². The summed E-state index contributed by atoms with van der Waals surface area (Å²) in [4.78, 5) is 38.7. The second-order valence-corrected chi connectivity index (χ2v) is 21.6. The average Bonchev–Trinajstić information content (AvgIpc) is 4.08. The van der Waals surface area contributed by atoms with Crippen LogP contribution in [0.15, 0.2) is 155 Å². The zero-order valence-corrected chi connectivity index (χ0v) is 48.9. The van der Waals surface area contributed by atoms with Gasteiger partial charge >= 0.3 is 0 Å². The maximum absolute atomic E-state index is 13.8. The molecule has 0 spiro atoms. The van der Waals surface area contributed by atoms with Crippen molar-refractivity contribution in [3.05, 3.63) is 140 Å². The minimum atomic E-state index is -0.172. The first-order valence-electron chi connectivity index (χ1n) is 29.0. The highest BCUT2D eigenvalue weighted by Crippen LogP contribution is 2.47. The monoisotopic (exact) mass is 1110 g/mol. The molecule has 2 unspecified atom stereocenters. The Morgan fingerprint density at radius 3 is 2.43 bits per heavy atom. The van der Waals surface area contributed by atoms with Crippen LogP contribution in [-0.4, -0.2) is 113 Å². The van der Waals surface area contributed by atoms with E-state index in [1.54, 1.807) is 18.9 Å². The number of aromatic nitrogens is 5. The summed E-state index contributed by atoms with van der Waals surface area (Å²) in [5.41, 5.74) is 17.3. The standard InChI is InChI=1S/C64H77N11O7/c1-10-12-13-14-23-80-41(7)60-39(5)50-31-49-38(4)45(62(71-49)47-29-56(76)61-40(6)51(72-63(47)61)32-53-44(11-2)37(3)48(69-53)33-54(60)70-50)19-20-59(77)65-21-16-22-75-35-55(73-74-75)42-17-15-18-43(28-42)68-64-46-30-57(81-26-24-78-8)58(82-27-25-79-9)34-52(46)66-36-67-64/h15,17-18,28,30-36,38,41,45,71,76H,10-14,16,19-27,29H2,1-9H3,(H,65,77)(H,66,67,68)/t38?,41?,45-/m0/s1. The van der Waals surface area contributed by atoms with Crippen LogP contribution in [-0.2, 0) is 25.5 Å². The van der Waals surface area contributed by atoms with E-state index in [2.05, 4.69) is 96.0 Å². The van der Waals surface area contributed by atoms with Gasteiger partial charge in [-0.15, -0.1) is 5.10 Å². The predicted molar refractivity (Wildman–Crippen MR) is 321 cm³/mol. The van der Waals surface area contributed by atoms with E-state index in [0.717, 1.165) is 115 Å². The minimum absolute atomic E-state index is 0.0112. The van der Waals surface area contributed by atoms with Gasteiger partial charge in [-0.1, -0.05) is 57.4 Å². The Kier molecular flexibility index (Phi) is 18.2. The molecule has 7 heterocycles. The number of carbonyl (C=O) groups excluding carboxylic acids is 1. The van der Waals surface area contributed by atoms with Crippen molar-refractivity contribution in [2.45, 2.75) is 119 Å². The number of fused-ring (bicyclic) bond motifs is 6. The molecule has 1 amide bonds. The van der Waals surface area contributed by atoms with Gasteiger partial charge in [0.2, 0.25) is 5.91 Å². The van der Waals surface area contributed by atoms with Gasteiger partial charge in [-0.25, -0.2) is 24.9 Å². The highest BCUT2D eigenvalue weighted by molar-refractivity contribution is 6.21. The molecule has 0 radical (unpaired) electrons. The van der Waals surface area contributed by atoms with Crippen LogP contribution in [0.25, 0.3) is 22.2 Å². The lowest BCUT2D eigenvalue weighted by Crippen LogP contribution is -2.26. The Balaban J connectivity index is 0.816. The molecule has 18 nitrogen and oxygen atoms in total. The molecule has 0 saturated carbocycles. The lowest BCUT2D eigenvalue weighted by Gasteiger charge is -2.18. The molecular formula is C64H77N11O7. The first kappa shape index (κ1) is 57.4. The molecule has 1 saturated heterocycles. The Morgan fingerprint density at radius 1 is 0.866 bits per heavy atom. The number of aliphatic hydroxyl groups is 1. The van der Waals surface area contributed by atoms with E-state index in [4.69, 9.17) is 38.7 Å². The zero-order valence-electron chi connectivity index (χ0n) is 48.9. The predicted octanol–water partition coefficient (Wildman–Crippen LogP) is 11.6. The molecule has 430 valence electrons. The average molecular weight is 1110 g/mol. The summed E-state index contributed by atoms with van der Waals surface area (Å²) in [5.74, 6) is 1.96. The number of hydrogen-bond acceptors (Lipinski definition) is 16. The fraction of sp³-hybridized carbons (Fsp3) is 0.438. The molecule has 3 atom stereocenters. The summed E-state index contributed by atoms with van der Waals surface area (Å²) in [6.45, 7) is 18.3. The van der Waals surface area contributed by atoms with Crippen LogP contribution >= 0.6 is 0 Å². The van der Waals surface area contributed by atoms with Crippen LogP contribution in [0.2, 0.25) is 0 Å². The molecule has 18 heteroatoms. The lowest BCUT2D eigenvalue weighted by atomic mass is 9.86. The van der Waals surface area contributed by atoms with Gasteiger partial charge < -0.3 is 44.7 Å². The molecule has 10 rings (SSSR count). The Morgan fingerprint density at radius 2 is 1.65 bits per heavy atom. The van der Waals surface area contributed by atoms with Gasteiger partial charge in [-0.3, -0.25) is 9.48 Å². The molecular weight excluding hydrogens is 1030 g/mol. The number of ether oxygens (including phenoxy) is 5. The molecule has 4 N–H and O–H groups in total. The highest BCUT2D eigenvalue weighted by atomic mass is 16.5. The van der Waals surface area contributed by atoms with Crippen molar-refractivity contribution >= 4 is 45.5 Å². The number of aryl methyl sites for hydroxylation is 1. The number of nitrogens with zero attached hydrogens (tertiary/aromatic N) is 8. The van der Waals surface area contributed by atoms with Crippen molar-refractivity contribution in [1.82, 2.24) is 35.6 Å². The van der Waals surface area contributed by atoms with E-state index in [1.165, 1.54) is 24.7 Å². The van der Waals surface area contributed by atoms with E-state index < -0.39 is 0 Å². The van der Waals surface area contributed by atoms with Crippen molar-refractivity contribution in [1.29, 1.82) is 0 Å². The topological polar surface area (TPSA) is 213 Å². The molecule has 2 aromatic heterocycles. The molecule has 5 aliphatic heterocycles. The number of benzene rings is 2. The maximum Gasteiger partial charge on any atom is 0.220 e. The first-order chi connectivity index (χ1) is 39.9. The largest absolute Gasteiger partial charge is 0.511 e. The Labute approximate surface area is 480 Å². The summed E-state index contributed by atoms with van der Waals surface area (Å²) in [6.07, 6.45) is 16.9. The van der Waals surface area contributed by atoms with Crippen molar-refractivity contribution in [3.8, 4) is 22.8 Å². The van der Waals surface area contributed by atoms with Crippen LogP contribution in [0.3, 0.4) is 0 Å². The van der Waals surface area contributed by atoms with E-state index >= 15 is 0 Å². The summed E-state index contributed by atoms with van der Waals surface area (Å²) < 4.78 is 30.8. The molecule has 2 aromatic carbocycles. The Hall–Kier alpha value is -7.80. The lowest BCUT2D eigenvalue weighted by molar-refractivity contribution is -0.121. The van der Waals surface area contributed by atoms with Gasteiger partial charge in [-0.05, 0) is 112 Å². The van der Waals surface area contributed by atoms with Crippen molar-refractivity contribution < 1.29 is 33.6 Å². The third-order valence-electron chi connectivity index (χ3n) is 16.2. The number of aliphatic hydroxyl groups excluding tert-OH is 1. The number of unbranched alkanes of at least 4 members (excludes halogenated alkanes) is 3. The summed E-state index contributed by atoms with van der Waals surface area (Å²) in [7, 11) is 3.26. The second-order valence-electron chi connectivity index (χ2n) is 21.6. The number of hydrogen-bond donors (Lipinski definition) is 4. The number of nitrogens with one attached hydrogen (secondary N) is 3. The summed E-state index contributed by atoms with van der Waals surface area (Å²) in [5, 5.41) is 31.8. The molecule has 4 aromatic rings. The fourth-order valence-electron chi connectivity index (χ4n) is 11.6. The highest BCUT2D eigenvalue weighted by Gasteiger charge is 2.41. The van der Waals surface area contributed by atoms with Crippen molar-refractivity contribution in [2.24, 2.45) is 26.8 Å². The Bertz CT molecular complexity index is 3500. The smallest absolute Gasteiger partial charge is 0.220 e. The number of aliphatic imine (C=N–C) groups is 3. The fourth-order valence-corrected chi connectivity index (χ4v) is 11.6.